The molecular formula is C22H17N5S. The zero-order chi connectivity index (χ0) is 18.9. The number of benzene rings is 2. The molecule has 0 aliphatic carbocycles. The van der Waals surface area contributed by atoms with Crippen LogP contribution in [0.5, 0.6) is 0 Å². The van der Waals surface area contributed by atoms with Gasteiger partial charge in [-0.05, 0) is 30.7 Å². The Morgan fingerprint density at radius 1 is 0.929 bits per heavy atom. The molecule has 136 valence electrons. The molecule has 0 radical (unpaired) electrons. The molecule has 0 spiro atoms. The minimum Gasteiger partial charge on any atom is -0.264 e. The molecule has 0 atom stereocenters. The van der Waals surface area contributed by atoms with Crippen LogP contribution in [0.2, 0.25) is 0 Å². The predicted octanol–water partition coefficient (Wildman–Crippen LogP) is 4.94. The number of para-hydroxylation sites is 1. The highest BCUT2D eigenvalue weighted by Crippen LogP contribution is 2.30. The quantitative estimate of drug-likeness (QED) is 0.412. The Hall–Kier alpha value is -3.25. The van der Waals surface area contributed by atoms with Crippen LogP contribution in [0.15, 0.2) is 78.2 Å². The molecule has 28 heavy (non-hydrogen) atoms. The third-order valence-corrected chi connectivity index (χ3v) is 5.62. The highest BCUT2D eigenvalue weighted by atomic mass is 32.2. The van der Waals surface area contributed by atoms with Gasteiger partial charge in [-0.25, -0.2) is 4.98 Å². The first-order valence-electron chi connectivity index (χ1n) is 9.02. The lowest BCUT2D eigenvalue weighted by Crippen LogP contribution is -1.99. The van der Waals surface area contributed by atoms with E-state index in [0.717, 1.165) is 44.4 Å². The summed E-state index contributed by atoms with van der Waals surface area (Å²) in [5.74, 6) is 1.63. The summed E-state index contributed by atoms with van der Waals surface area (Å²) in [6.07, 6.45) is 3.66. The average Bonchev–Trinajstić information content (AvgIpc) is 3.17. The van der Waals surface area contributed by atoms with Gasteiger partial charge in [0.1, 0.15) is 5.82 Å². The van der Waals surface area contributed by atoms with Crippen LogP contribution < -0.4 is 0 Å². The van der Waals surface area contributed by atoms with E-state index in [0.29, 0.717) is 0 Å². The third-order valence-electron chi connectivity index (χ3n) is 4.62. The molecule has 5 rings (SSSR count). The zero-order valence-corrected chi connectivity index (χ0v) is 16.1. The van der Waals surface area contributed by atoms with E-state index in [1.54, 1.807) is 18.0 Å². The van der Waals surface area contributed by atoms with Crippen LogP contribution in [0, 0.1) is 6.92 Å². The second-order valence-corrected chi connectivity index (χ2v) is 7.55. The van der Waals surface area contributed by atoms with Crippen molar-refractivity contribution in [2.45, 2.75) is 17.8 Å². The summed E-state index contributed by atoms with van der Waals surface area (Å²) in [5, 5.41) is 10.8. The van der Waals surface area contributed by atoms with E-state index in [2.05, 4.69) is 56.8 Å². The molecule has 0 saturated carbocycles. The van der Waals surface area contributed by atoms with E-state index < -0.39 is 0 Å². The van der Waals surface area contributed by atoms with Crippen molar-refractivity contribution in [1.82, 2.24) is 24.6 Å². The monoisotopic (exact) mass is 383 g/mol. The van der Waals surface area contributed by atoms with Crippen molar-refractivity contribution in [2.24, 2.45) is 0 Å². The van der Waals surface area contributed by atoms with E-state index in [1.807, 2.05) is 36.5 Å². The van der Waals surface area contributed by atoms with Gasteiger partial charge in [0.05, 0.1) is 5.52 Å². The molecule has 2 aromatic carbocycles. The fraction of sp³-hybridized carbons (Fsp3) is 0.0909. The van der Waals surface area contributed by atoms with Gasteiger partial charge >= 0.3 is 0 Å². The Labute approximate surface area is 166 Å². The lowest BCUT2D eigenvalue weighted by Gasteiger charge is -2.10. The molecule has 0 aliphatic rings. The van der Waals surface area contributed by atoms with Crippen LogP contribution in [-0.2, 0) is 5.75 Å². The molecule has 3 heterocycles. The van der Waals surface area contributed by atoms with E-state index >= 15 is 0 Å². The summed E-state index contributed by atoms with van der Waals surface area (Å²) < 4.78 is 2.06. The van der Waals surface area contributed by atoms with Gasteiger partial charge in [0, 0.05) is 29.1 Å². The van der Waals surface area contributed by atoms with Crippen molar-refractivity contribution in [3.05, 3.63) is 84.2 Å². The van der Waals surface area contributed by atoms with Gasteiger partial charge in [0.2, 0.25) is 0 Å². The fourth-order valence-electron chi connectivity index (χ4n) is 3.18. The number of rotatable bonds is 4. The second kappa shape index (κ2) is 7.05. The molecule has 5 nitrogen and oxygen atoms in total. The zero-order valence-electron chi connectivity index (χ0n) is 15.3. The maximum absolute atomic E-state index is 4.95. The number of nitrogens with zero attached hydrogens (tertiary/aromatic N) is 5. The van der Waals surface area contributed by atoms with Crippen molar-refractivity contribution in [3.8, 4) is 11.4 Å². The predicted molar refractivity (Wildman–Crippen MR) is 112 cm³/mol. The Bertz CT molecular complexity index is 1260. The number of thioether (sulfide) groups is 1. The molecular weight excluding hydrogens is 366 g/mol. The summed E-state index contributed by atoms with van der Waals surface area (Å²) in [6.45, 7) is 2.08. The van der Waals surface area contributed by atoms with E-state index in [4.69, 9.17) is 4.98 Å². The van der Waals surface area contributed by atoms with Gasteiger partial charge < -0.3 is 0 Å². The molecule has 0 bridgehead atoms. The summed E-state index contributed by atoms with van der Waals surface area (Å²) in [6, 6.07) is 20.5. The first kappa shape index (κ1) is 16.9. The van der Waals surface area contributed by atoms with Crippen LogP contribution in [0.4, 0.5) is 0 Å². The van der Waals surface area contributed by atoms with Gasteiger partial charge in [0.25, 0.3) is 0 Å². The summed E-state index contributed by atoms with van der Waals surface area (Å²) in [7, 11) is 0. The summed E-state index contributed by atoms with van der Waals surface area (Å²) in [4.78, 5) is 9.14. The molecule has 0 N–H and O–H groups in total. The lowest BCUT2D eigenvalue weighted by molar-refractivity contribution is 0.913. The second-order valence-electron chi connectivity index (χ2n) is 6.61. The Balaban J connectivity index is 1.69. The van der Waals surface area contributed by atoms with Crippen LogP contribution in [0.25, 0.3) is 27.9 Å². The number of fused-ring (bicyclic) bond motifs is 3. The molecule has 0 amide bonds. The van der Waals surface area contributed by atoms with Crippen molar-refractivity contribution in [1.29, 1.82) is 0 Å². The van der Waals surface area contributed by atoms with Gasteiger partial charge in [-0.1, -0.05) is 59.8 Å². The Morgan fingerprint density at radius 2 is 1.79 bits per heavy atom. The summed E-state index contributed by atoms with van der Waals surface area (Å²) in [5.41, 5.74) is 5.16. The standard InChI is InChI=1S/C22H17N5S/c1-15-8-10-17(11-9-15)20-24-19-7-3-2-6-18(19)21-25-26-22(27(20)21)28-14-16-5-4-12-23-13-16/h2-13H,14H2,1H3. The van der Waals surface area contributed by atoms with E-state index in [-0.39, 0.29) is 0 Å². The number of pyridine rings is 1. The van der Waals surface area contributed by atoms with Gasteiger partial charge in [0.15, 0.2) is 10.8 Å². The molecule has 0 unspecified atom stereocenters. The molecule has 0 aliphatic heterocycles. The van der Waals surface area contributed by atoms with Crippen molar-refractivity contribution >= 4 is 28.3 Å². The first-order chi connectivity index (χ1) is 13.8. The Morgan fingerprint density at radius 3 is 2.61 bits per heavy atom. The fourth-order valence-corrected chi connectivity index (χ4v) is 4.05. The topological polar surface area (TPSA) is 56.0 Å². The molecule has 5 aromatic rings. The molecule has 0 saturated heterocycles. The SMILES string of the molecule is Cc1ccc(-c2nc3ccccc3c3nnc(SCc4cccnc4)n23)cc1. The molecule has 0 fully saturated rings. The number of hydrogen-bond acceptors (Lipinski definition) is 5. The highest BCUT2D eigenvalue weighted by Gasteiger charge is 2.16. The minimum absolute atomic E-state index is 0.773. The largest absolute Gasteiger partial charge is 0.264 e. The van der Waals surface area contributed by atoms with Gasteiger partial charge in [-0.3, -0.25) is 9.38 Å². The van der Waals surface area contributed by atoms with E-state index in [1.165, 1.54) is 5.56 Å². The number of aromatic nitrogens is 5. The van der Waals surface area contributed by atoms with Crippen LogP contribution in [0.1, 0.15) is 11.1 Å². The van der Waals surface area contributed by atoms with Crippen molar-refractivity contribution in [3.63, 3.8) is 0 Å². The minimum atomic E-state index is 0.773. The van der Waals surface area contributed by atoms with Crippen molar-refractivity contribution in [2.75, 3.05) is 0 Å². The van der Waals surface area contributed by atoms with Gasteiger partial charge in [-0.15, -0.1) is 10.2 Å². The maximum Gasteiger partial charge on any atom is 0.197 e. The first-order valence-corrected chi connectivity index (χ1v) is 10.0. The number of hydrogen-bond donors (Lipinski definition) is 0. The third kappa shape index (κ3) is 3.01. The van der Waals surface area contributed by atoms with Crippen LogP contribution >= 0.6 is 11.8 Å². The van der Waals surface area contributed by atoms with Crippen LogP contribution in [0.3, 0.4) is 0 Å². The van der Waals surface area contributed by atoms with Crippen LogP contribution in [-0.4, -0.2) is 24.6 Å². The van der Waals surface area contributed by atoms with E-state index in [9.17, 15) is 0 Å². The van der Waals surface area contributed by atoms with Gasteiger partial charge in [-0.2, -0.15) is 0 Å². The smallest absolute Gasteiger partial charge is 0.197 e. The lowest BCUT2D eigenvalue weighted by atomic mass is 10.1. The number of aryl methyl sites for hydroxylation is 1. The normalized spacial score (nSPS) is 11.3. The molecule has 6 heteroatoms. The average molecular weight is 383 g/mol. The molecule has 3 aromatic heterocycles. The summed E-state index contributed by atoms with van der Waals surface area (Å²) >= 11 is 1.64. The highest BCUT2D eigenvalue weighted by molar-refractivity contribution is 7.98. The maximum atomic E-state index is 4.95. The Kier molecular flexibility index (Phi) is 4.25. The van der Waals surface area contributed by atoms with Crippen molar-refractivity contribution < 1.29 is 0 Å².